The molecule has 0 radical (unpaired) electrons. The molecular formula is C19H28N2O4S. The molecule has 1 atom stereocenters. The van der Waals surface area contributed by atoms with Gasteiger partial charge in [0.1, 0.15) is 6.04 Å². The molecule has 2 heterocycles. The van der Waals surface area contributed by atoms with Gasteiger partial charge in [0.05, 0.1) is 18.1 Å². The molecule has 0 aromatic heterocycles. The number of carbonyl (C=O) groups is 1. The number of morpholine rings is 1. The minimum Gasteiger partial charge on any atom is -0.378 e. The number of rotatable bonds is 3. The van der Waals surface area contributed by atoms with E-state index >= 15 is 0 Å². The van der Waals surface area contributed by atoms with E-state index in [1.165, 1.54) is 4.31 Å². The molecule has 2 aliphatic heterocycles. The predicted octanol–water partition coefficient (Wildman–Crippen LogP) is 2.00. The van der Waals surface area contributed by atoms with E-state index in [1.54, 1.807) is 17.0 Å². The lowest BCUT2D eigenvalue weighted by Gasteiger charge is -2.32. The summed E-state index contributed by atoms with van der Waals surface area (Å²) in [6.07, 6.45) is 1.29. The third-order valence-electron chi connectivity index (χ3n) is 5.14. The molecule has 0 aliphatic carbocycles. The molecule has 2 aliphatic rings. The molecule has 0 unspecified atom stereocenters. The topological polar surface area (TPSA) is 66.9 Å². The molecule has 2 fully saturated rings. The summed E-state index contributed by atoms with van der Waals surface area (Å²) in [5.41, 5.74) is 1.05. The van der Waals surface area contributed by atoms with E-state index in [9.17, 15) is 13.2 Å². The zero-order valence-electron chi connectivity index (χ0n) is 15.8. The van der Waals surface area contributed by atoms with Crippen molar-refractivity contribution in [3.63, 3.8) is 0 Å². The van der Waals surface area contributed by atoms with E-state index in [0.717, 1.165) is 5.56 Å². The highest BCUT2D eigenvalue weighted by Crippen LogP contribution is 2.29. The first-order chi connectivity index (χ1) is 12.2. The Morgan fingerprint density at radius 3 is 2.27 bits per heavy atom. The minimum atomic E-state index is -3.68. The molecule has 0 spiro atoms. The smallest absolute Gasteiger partial charge is 0.243 e. The number of ether oxygens (including phenoxy) is 1. The van der Waals surface area contributed by atoms with E-state index in [-0.39, 0.29) is 16.2 Å². The average molecular weight is 381 g/mol. The van der Waals surface area contributed by atoms with Gasteiger partial charge in [0, 0.05) is 19.6 Å². The predicted molar refractivity (Wildman–Crippen MR) is 99.5 cm³/mol. The first-order valence-electron chi connectivity index (χ1n) is 9.20. The summed E-state index contributed by atoms with van der Waals surface area (Å²) in [6.45, 7) is 8.76. The lowest BCUT2D eigenvalue weighted by molar-refractivity contribution is -0.138. The van der Waals surface area contributed by atoms with Gasteiger partial charge in [-0.1, -0.05) is 32.9 Å². The number of nitrogens with zero attached hydrogens (tertiary/aromatic N) is 2. The second kappa shape index (κ2) is 7.29. The highest BCUT2D eigenvalue weighted by Gasteiger charge is 2.41. The fraction of sp³-hybridized carbons (Fsp3) is 0.632. The Morgan fingerprint density at radius 1 is 1.08 bits per heavy atom. The van der Waals surface area contributed by atoms with Crippen molar-refractivity contribution in [2.75, 3.05) is 32.8 Å². The number of carbonyl (C=O) groups excluding carboxylic acids is 1. The van der Waals surface area contributed by atoms with Crippen LogP contribution < -0.4 is 0 Å². The van der Waals surface area contributed by atoms with Gasteiger partial charge in [-0.25, -0.2) is 8.42 Å². The zero-order chi connectivity index (χ0) is 18.9. The van der Waals surface area contributed by atoms with Crippen LogP contribution in [0.3, 0.4) is 0 Å². The second-order valence-electron chi connectivity index (χ2n) is 7.99. The lowest BCUT2D eigenvalue weighted by atomic mass is 9.87. The van der Waals surface area contributed by atoms with Crippen LogP contribution in [0.25, 0.3) is 0 Å². The third-order valence-corrected chi connectivity index (χ3v) is 7.06. The van der Waals surface area contributed by atoms with Gasteiger partial charge >= 0.3 is 0 Å². The molecule has 1 aromatic carbocycles. The van der Waals surface area contributed by atoms with Crippen molar-refractivity contribution >= 4 is 15.9 Å². The van der Waals surface area contributed by atoms with Crippen LogP contribution in [0.15, 0.2) is 29.2 Å². The summed E-state index contributed by atoms with van der Waals surface area (Å²) in [4.78, 5) is 14.8. The van der Waals surface area contributed by atoms with Crippen LogP contribution >= 0.6 is 0 Å². The fourth-order valence-electron chi connectivity index (χ4n) is 3.53. The fourth-order valence-corrected chi connectivity index (χ4v) is 5.18. The van der Waals surface area contributed by atoms with E-state index in [1.807, 2.05) is 12.1 Å². The summed E-state index contributed by atoms with van der Waals surface area (Å²) in [5.74, 6) is -0.0966. The summed E-state index contributed by atoms with van der Waals surface area (Å²) >= 11 is 0. The molecule has 0 saturated carbocycles. The lowest BCUT2D eigenvalue weighted by Crippen LogP contribution is -2.50. The molecule has 3 rings (SSSR count). The minimum absolute atomic E-state index is 0.0369. The highest BCUT2D eigenvalue weighted by molar-refractivity contribution is 7.89. The maximum atomic E-state index is 13.1. The van der Waals surface area contributed by atoms with Crippen molar-refractivity contribution in [3.05, 3.63) is 29.8 Å². The van der Waals surface area contributed by atoms with Crippen LogP contribution in [0.5, 0.6) is 0 Å². The standard InChI is InChI=1S/C19H28N2O4S/c1-19(2,3)15-6-8-16(9-7-15)26(23,24)21-10-4-5-17(21)18(22)20-11-13-25-14-12-20/h6-9,17H,4-5,10-14H2,1-3H3/t17-/m0/s1. The summed E-state index contributed by atoms with van der Waals surface area (Å²) in [6, 6.07) is 6.44. The van der Waals surface area contributed by atoms with Crippen molar-refractivity contribution in [3.8, 4) is 0 Å². The molecule has 144 valence electrons. The van der Waals surface area contributed by atoms with Gasteiger partial charge in [0.2, 0.25) is 15.9 Å². The maximum absolute atomic E-state index is 13.1. The first kappa shape index (κ1) is 19.3. The van der Waals surface area contributed by atoms with Crippen LogP contribution in [0.2, 0.25) is 0 Å². The van der Waals surface area contributed by atoms with E-state index in [0.29, 0.717) is 45.7 Å². The number of amides is 1. The van der Waals surface area contributed by atoms with Gasteiger partial charge < -0.3 is 9.64 Å². The van der Waals surface area contributed by atoms with Crippen LogP contribution in [-0.2, 0) is 25.0 Å². The molecule has 1 amide bonds. The van der Waals surface area contributed by atoms with Crippen molar-refractivity contribution in [2.24, 2.45) is 0 Å². The van der Waals surface area contributed by atoms with Crippen LogP contribution in [-0.4, -0.2) is 62.4 Å². The van der Waals surface area contributed by atoms with Gasteiger partial charge in [-0.15, -0.1) is 0 Å². The molecule has 2 saturated heterocycles. The van der Waals surface area contributed by atoms with E-state index in [2.05, 4.69) is 20.8 Å². The van der Waals surface area contributed by atoms with E-state index in [4.69, 9.17) is 4.74 Å². The molecule has 0 bridgehead atoms. The van der Waals surface area contributed by atoms with Crippen molar-refractivity contribution in [2.45, 2.75) is 50.0 Å². The van der Waals surface area contributed by atoms with Crippen molar-refractivity contribution in [1.29, 1.82) is 0 Å². The SMILES string of the molecule is CC(C)(C)c1ccc(S(=O)(=O)N2CCC[C@H]2C(=O)N2CCOCC2)cc1. The van der Waals surface area contributed by atoms with Crippen LogP contribution in [0.4, 0.5) is 0 Å². The largest absolute Gasteiger partial charge is 0.378 e. The molecule has 6 nitrogen and oxygen atoms in total. The van der Waals surface area contributed by atoms with Crippen molar-refractivity contribution < 1.29 is 17.9 Å². The monoisotopic (exact) mass is 380 g/mol. The van der Waals surface area contributed by atoms with Gasteiger partial charge in [0.15, 0.2) is 0 Å². The Bertz CT molecular complexity index is 747. The van der Waals surface area contributed by atoms with Crippen LogP contribution in [0.1, 0.15) is 39.2 Å². The molecule has 0 N–H and O–H groups in total. The summed E-state index contributed by atoms with van der Waals surface area (Å²) in [7, 11) is -3.68. The third kappa shape index (κ3) is 3.80. The Labute approximate surface area is 156 Å². The molecule has 1 aromatic rings. The van der Waals surface area contributed by atoms with Gasteiger partial charge in [-0.3, -0.25) is 4.79 Å². The maximum Gasteiger partial charge on any atom is 0.243 e. The van der Waals surface area contributed by atoms with E-state index < -0.39 is 16.1 Å². The Hall–Kier alpha value is -1.44. The number of benzene rings is 1. The van der Waals surface area contributed by atoms with Crippen LogP contribution in [0, 0.1) is 0 Å². The van der Waals surface area contributed by atoms with Gasteiger partial charge in [0.25, 0.3) is 0 Å². The number of hydrogen-bond acceptors (Lipinski definition) is 4. The molecule has 26 heavy (non-hydrogen) atoms. The van der Waals surface area contributed by atoms with Gasteiger partial charge in [-0.05, 0) is 36.0 Å². The zero-order valence-corrected chi connectivity index (χ0v) is 16.6. The quantitative estimate of drug-likeness (QED) is 0.804. The molecular weight excluding hydrogens is 352 g/mol. The normalized spacial score (nSPS) is 22.6. The Morgan fingerprint density at radius 2 is 1.69 bits per heavy atom. The summed E-state index contributed by atoms with van der Waals surface area (Å²) in [5, 5.41) is 0. The van der Waals surface area contributed by atoms with Crippen molar-refractivity contribution in [1.82, 2.24) is 9.21 Å². The Balaban J connectivity index is 1.82. The second-order valence-corrected chi connectivity index (χ2v) is 9.88. The number of sulfonamides is 1. The molecule has 7 heteroatoms. The average Bonchev–Trinajstić information content (AvgIpc) is 3.12. The highest BCUT2D eigenvalue weighted by atomic mass is 32.2. The summed E-state index contributed by atoms with van der Waals surface area (Å²) < 4.78 is 32.9. The Kier molecular flexibility index (Phi) is 5.42. The first-order valence-corrected chi connectivity index (χ1v) is 10.6. The van der Waals surface area contributed by atoms with Gasteiger partial charge in [-0.2, -0.15) is 4.31 Å². The number of hydrogen-bond donors (Lipinski definition) is 0.